The number of rotatable bonds is 4. The molecule has 0 aliphatic heterocycles. The average molecular weight is 376 g/mol. The molecule has 104 valence electrons. The van der Waals surface area contributed by atoms with E-state index >= 15 is 0 Å². The third-order valence-electron chi connectivity index (χ3n) is 2.64. The van der Waals surface area contributed by atoms with Crippen molar-refractivity contribution in [2.24, 2.45) is 0 Å². The van der Waals surface area contributed by atoms with Gasteiger partial charge in [0.2, 0.25) is 0 Å². The van der Waals surface area contributed by atoms with Crippen LogP contribution in [0.5, 0.6) is 0 Å². The van der Waals surface area contributed by atoms with E-state index in [-0.39, 0.29) is 5.69 Å². The highest BCUT2D eigenvalue weighted by Crippen LogP contribution is 2.28. The van der Waals surface area contributed by atoms with E-state index < -0.39 is 4.92 Å². The van der Waals surface area contributed by atoms with E-state index in [1.165, 1.54) is 6.07 Å². The molecule has 0 radical (unpaired) electrons. The maximum absolute atomic E-state index is 11.0. The summed E-state index contributed by atoms with van der Waals surface area (Å²) in [7, 11) is 0. The van der Waals surface area contributed by atoms with Crippen LogP contribution < -0.4 is 5.32 Å². The van der Waals surface area contributed by atoms with Crippen LogP contribution in [0.3, 0.4) is 0 Å². The van der Waals surface area contributed by atoms with E-state index in [2.05, 4.69) is 21.2 Å². The van der Waals surface area contributed by atoms with Gasteiger partial charge in [0.1, 0.15) is 0 Å². The van der Waals surface area contributed by atoms with E-state index in [9.17, 15) is 10.1 Å². The van der Waals surface area contributed by atoms with Crippen LogP contribution in [-0.4, -0.2) is 4.92 Å². The van der Waals surface area contributed by atoms with Crippen LogP contribution in [0.15, 0.2) is 40.9 Å². The van der Waals surface area contributed by atoms with Crippen LogP contribution in [-0.2, 0) is 6.54 Å². The van der Waals surface area contributed by atoms with E-state index in [1.54, 1.807) is 30.3 Å². The van der Waals surface area contributed by atoms with Gasteiger partial charge in [0, 0.05) is 32.7 Å². The number of hydrogen-bond acceptors (Lipinski definition) is 3. The molecule has 0 aromatic heterocycles. The summed E-state index contributed by atoms with van der Waals surface area (Å²) in [5.41, 5.74) is 1.30. The molecule has 0 spiro atoms. The van der Waals surface area contributed by atoms with Crippen LogP contribution in [0.4, 0.5) is 11.4 Å². The Morgan fingerprint density at radius 1 is 1.15 bits per heavy atom. The average Bonchev–Trinajstić information content (AvgIpc) is 2.40. The third kappa shape index (κ3) is 3.62. The van der Waals surface area contributed by atoms with Gasteiger partial charge >= 0.3 is 0 Å². The number of benzene rings is 2. The highest BCUT2D eigenvalue weighted by atomic mass is 79.9. The summed E-state index contributed by atoms with van der Waals surface area (Å²) >= 11 is 15.1. The van der Waals surface area contributed by atoms with Gasteiger partial charge in [-0.1, -0.05) is 23.2 Å². The zero-order valence-electron chi connectivity index (χ0n) is 10.1. The number of anilines is 1. The number of hydrogen-bond donors (Lipinski definition) is 1. The minimum absolute atomic E-state index is 0.0110. The summed E-state index contributed by atoms with van der Waals surface area (Å²) in [6.45, 7) is 0.298. The molecule has 4 nitrogen and oxygen atoms in total. The van der Waals surface area contributed by atoms with Crippen LogP contribution in [0.25, 0.3) is 0 Å². The lowest BCUT2D eigenvalue weighted by Gasteiger charge is -2.09. The molecule has 2 rings (SSSR count). The lowest BCUT2D eigenvalue weighted by molar-refractivity contribution is -0.385. The maximum atomic E-state index is 11.0. The molecule has 2 aromatic rings. The van der Waals surface area contributed by atoms with Crippen molar-refractivity contribution in [3.63, 3.8) is 0 Å². The standard InChI is InChI=1S/C13H9BrCl2N2O2/c14-11-4-3-9(15)5-12(11)17-7-8-1-2-10(16)6-13(8)18(19)20/h1-6,17H,7H2. The molecule has 0 heterocycles. The fourth-order valence-corrected chi connectivity index (χ4v) is 2.41. The molecule has 7 heteroatoms. The minimum Gasteiger partial charge on any atom is -0.380 e. The summed E-state index contributed by atoms with van der Waals surface area (Å²) < 4.78 is 0.832. The molecule has 0 atom stereocenters. The molecule has 0 aliphatic carbocycles. The first-order valence-corrected chi connectivity index (χ1v) is 7.14. The fourth-order valence-electron chi connectivity index (χ4n) is 1.68. The van der Waals surface area contributed by atoms with E-state index in [4.69, 9.17) is 23.2 Å². The summed E-state index contributed by atoms with van der Waals surface area (Å²) in [5, 5.41) is 15.0. The molecule has 0 saturated carbocycles. The zero-order valence-corrected chi connectivity index (χ0v) is 13.2. The van der Waals surface area contributed by atoms with Gasteiger partial charge < -0.3 is 5.32 Å². The van der Waals surface area contributed by atoms with Crippen molar-refractivity contribution in [2.75, 3.05) is 5.32 Å². The van der Waals surface area contributed by atoms with Gasteiger partial charge in [-0.3, -0.25) is 10.1 Å². The highest BCUT2D eigenvalue weighted by molar-refractivity contribution is 9.10. The lowest BCUT2D eigenvalue weighted by Crippen LogP contribution is -2.03. The first-order valence-electron chi connectivity index (χ1n) is 5.59. The van der Waals surface area contributed by atoms with Gasteiger partial charge in [-0.25, -0.2) is 0 Å². The normalized spacial score (nSPS) is 10.3. The van der Waals surface area contributed by atoms with Gasteiger partial charge in [0.25, 0.3) is 5.69 Å². The number of halogens is 3. The summed E-state index contributed by atoms with van der Waals surface area (Å²) in [4.78, 5) is 10.5. The van der Waals surface area contributed by atoms with Gasteiger partial charge in [0.05, 0.1) is 10.6 Å². The molecular formula is C13H9BrCl2N2O2. The smallest absolute Gasteiger partial charge is 0.275 e. The Balaban J connectivity index is 2.23. The zero-order chi connectivity index (χ0) is 14.7. The van der Waals surface area contributed by atoms with Crippen molar-refractivity contribution < 1.29 is 4.92 Å². The molecule has 0 unspecified atom stereocenters. The monoisotopic (exact) mass is 374 g/mol. The highest BCUT2D eigenvalue weighted by Gasteiger charge is 2.14. The van der Waals surface area contributed by atoms with Crippen LogP contribution in [0, 0.1) is 10.1 Å². The number of nitrogens with zero attached hydrogens (tertiary/aromatic N) is 1. The first kappa shape index (κ1) is 15.1. The Morgan fingerprint density at radius 3 is 2.50 bits per heavy atom. The Kier molecular flexibility index (Phi) is 4.86. The molecule has 0 aliphatic rings. The SMILES string of the molecule is O=[N+]([O-])c1cc(Cl)ccc1CNc1cc(Cl)ccc1Br. The summed E-state index contributed by atoms with van der Waals surface area (Å²) in [6, 6.07) is 9.89. The summed E-state index contributed by atoms with van der Waals surface area (Å²) in [5.74, 6) is 0. The van der Waals surface area contributed by atoms with Crippen molar-refractivity contribution >= 4 is 50.5 Å². The van der Waals surface area contributed by atoms with Crippen molar-refractivity contribution in [3.8, 4) is 0 Å². The number of nitro benzene ring substituents is 1. The van der Waals surface area contributed by atoms with Crippen molar-refractivity contribution in [3.05, 3.63) is 66.6 Å². The minimum atomic E-state index is -0.449. The summed E-state index contributed by atoms with van der Waals surface area (Å²) in [6.07, 6.45) is 0. The predicted octanol–water partition coefficient (Wildman–Crippen LogP) is 5.28. The van der Waals surface area contributed by atoms with E-state index in [0.29, 0.717) is 22.2 Å². The molecule has 0 saturated heterocycles. The third-order valence-corrected chi connectivity index (χ3v) is 3.80. The Morgan fingerprint density at radius 2 is 1.80 bits per heavy atom. The molecular weight excluding hydrogens is 367 g/mol. The molecule has 0 amide bonds. The van der Waals surface area contributed by atoms with Crippen LogP contribution >= 0.6 is 39.1 Å². The number of nitrogens with one attached hydrogen (secondary N) is 1. The molecule has 0 bridgehead atoms. The van der Waals surface area contributed by atoms with Gasteiger partial charge in [-0.2, -0.15) is 0 Å². The van der Waals surface area contributed by atoms with Gasteiger partial charge in [-0.05, 0) is 46.3 Å². The maximum Gasteiger partial charge on any atom is 0.275 e. The quantitative estimate of drug-likeness (QED) is 0.584. The Bertz CT molecular complexity index is 665. The predicted molar refractivity (Wildman–Crippen MR) is 84.6 cm³/mol. The second-order valence-corrected chi connectivity index (χ2v) is 5.74. The van der Waals surface area contributed by atoms with Crippen LogP contribution in [0.1, 0.15) is 5.56 Å². The number of nitro groups is 1. The molecule has 1 N–H and O–H groups in total. The van der Waals surface area contributed by atoms with Crippen molar-refractivity contribution in [1.82, 2.24) is 0 Å². The Labute approximate surface area is 134 Å². The van der Waals surface area contributed by atoms with Crippen molar-refractivity contribution in [1.29, 1.82) is 0 Å². The van der Waals surface area contributed by atoms with Gasteiger partial charge in [0.15, 0.2) is 0 Å². The second kappa shape index (κ2) is 6.43. The topological polar surface area (TPSA) is 55.2 Å². The second-order valence-electron chi connectivity index (χ2n) is 4.01. The lowest BCUT2D eigenvalue weighted by atomic mass is 10.1. The molecule has 2 aromatic carbocycles. The van der Waals surface area contributed by atoms with Gasteiger partial charge in [-0.15, -0.1) is 0 Å². The fraction of sp³-hybridized carbons (Fsp3) is 0.0769. The van der Waals surface area contributed by atoms with E-state index in [1.807, 2.05) is 0 Å². The largest absolute Gasteiger partial charge is 0.380 e. The van der Waals surface area contributed by atoms with E-state index in [0.717, 1.165) is 10.2 Å². The van der Waals surface area contributed by atoms with Crippen molar-refractivity contribution in [2.45, 2.75) is 6.54 Å². The molecule has 20 heavy (non-hydrogen) atoms. The molecule has 0 fully saturated rings. The van der Waals surface area contributed by atoms with Crippen LogP contribution in [0.2, 0.25) is 10.0 Å². The Hall–Kier alpha value is -1.30. The first-order chi connectivity index (χ1) is 9.47.